The molecule has 3 N–H and O–H groups in total. The summed E-state index contributed by atoms with van der Waals surface area (Å²) in [5.41, 5.74) is 5.00. The zero-order valence-electron chi connectivity index (χ0n) is 21.8. The van der Waals surface area contributed by atoms with Gasteiger partial charge < -0.3 is 29.2 Å². The summed E-state index contributed by atoms with van der Waals surface area (Å²) >= 11 is 0. The fourth-order valence-electron chi connectivity index (χ4n) is 4.14. The number of nitrogens with one attached hydrogen (secondary N) is 1. The molecule has 2 aliphatic heterocycles. The number of nitrogens with zero attached hydrogens (tertiary/aromatic N) is 2. The number of benzene rings is 1. The van der Waals surface area contributed by atoms with Crippen molar-refractivity contribution in [3.63, 3.8) is 0 Å². The van der Waals surface area contributed by atoms with Gasteiger partial charge in [0.2, 0.25) is 0 Å². The van der Waals surface area contributed by atoms with Gasteiger partial charge in [-0.1, -0.05) is 18.2 Å². The van der Waals surface area contributed by atoms with E-state index >= 15 is 0 Å². The largest absolute Gasteiger partial charge is 0.462 e. The molecular formula is C24H33N4O9P. The Morgan fingerprint density at radius 3 is 2.53 bits per heavy atom. The first-order valence-electron chi connectivity index (χ1n) is 12.2. The van der Waals surface area contributed by atoms with Gasteiger partial charge >= 0.3 is 19.4 Å². The highest BCUT2D eigenvalue weighted by Crippen LogP contribution is 2.48. The molecule has 2 aromatic rings. The topological polar surface area (TPSA) is 162 Å². The Kier molecular flexibility index (Phi) is 8.26. The van der Waals surface area contributed by atoms with Crippen molar-refractivity contribution in [3.8, 4) is 5.75 Å². The van der Waals surface area contributed by atoms with Crippen molar-refractivity contribution in [2.45, 2.75) is 77.1 Å². The Morgan fingerprint density at radius 2 is 1.87 bits per heavy atom. The van der Waals surface area contributed by atoms with E-state index in [9.17, 15) is 14.2 Å². The summed E-state index contributed by atoms with van der Waals surface area (Å²) in [5.74, 6) is -1.27. The maximum Gasteiger partial charge on any atom is 0.459 e. The summed E-state index contributed by atoms with van der Waals surface area (Å²) in [5, 5.41) is 2.63. The fraction of sp³-hybridized carbons (Fsp3) is 0.542. The molecule has 0 radical (unpaired) electrons. The van der Waals surface area contributed by atoms with Gasteiger partial charge in [-0.15, -0.1) is 0 Å². The van der Waals surface area contributed by atoms with Crippen LogP contribution in [0.25, 0.3) is 0 Å². The summed E-state index contributed by atoms with van der Waals surface area (Å²) in [6.45, 7) is 8.09. The minimum absolute atomic E-state index is 0.0692. The van der Waals surface area contributed by atoms with Gasteiger partial charge in [0.05, 0.1) is 12.7 Å². The van der Waals surface area contributed by atoms with E-state index in [0.717, 1.165) is 0 Å². The Balaban J connectivity index is 1.55. The van der Waals surface area contributed by atoms with E-state index in [4.69, 9.17) is 33.7 Å². The van der Waals surface area contributed by atoms with Crippen LogP contribution in [0.15, 0.2) is 47.4 Å². The lowest BCUT2D eigenvalue weighted by Gasteiger charge is -2.27. The van der Waals surface area contributed by atoms with E-state index in [1.807, 2.05) is 0 Å². The number of fused-ring (bicyclic) bond motifs is 1. The van der Waals surface area contributed by atoms with E-state index in [1.165, 1.54) is 23.8 Å². The van der Waals surface area contributed by atoms with Crippen molar-refractivity contribution in [3.05, 3.63) is 53.1 Å². The van der Waals surface area contributed by atoms with Crippen LogP contribution in [-0.2, 0) is 32.8 Å². The van der Waals surface area contributed by atoms with Crippen LogP contribution in [0, 0.1) is 0 Å². The quantitative estimate of drug-likeness (QED) is 0.327. The molecule has 1 aromatic heterocycles. The highest BCUT2D eigenvalue weighted by atomic mass is 31.2. The van der Waals surface area contributed by atoms with Gasteiger partial charge in [0.1, 0.15) is 35.9 Å². The molecule has 6 atom stereocenters. The number of nitrogen functional groups attached to an aromatic ring is 1. The average Bonchev–Trinajstić information content (AvgIpc) is 3.31. The number of carbonyl (C=O) groups excluding carboxylic acids is 1. The Labute approximate surface area is 220 Å². The third kappa shape index (κ3) is 6.60. The molecule has 4 rings (SSSR count). The van der Waals surface area contributed by atoms with Crippen molar-refractivity contribution in [2.75, 3.05) is 12.3 Å². The molecule has 0 bridgehead atoms. The lowest BCUT2D eigenvalue weighted by molar-refractivity contribution is -0.200. The van der Waals surface area contributed by atoms with Crippen LogP contribution < -0.4 is 21.0 Å². The highest BCUT2D eigenvalue weighted by Gasteiger charge is 2.56. The Bertz CT molecular complexity index is 1240. The molecule has 0 saturated carbocycles. The second kappa shape index (κ2) is 11.1. The molecule has 1 aromatic carbocycles. The Hall–Kier alpha value is -2.80. The number of hydrogen-bond donors (Lipinski definition) is 2. The summed E-state index contributed by atoms with van der Waals surface area (Å²) in [4.78, 5) is 28.7. The standard InChI is InChI=1S/C24H33N4O9P/c1-14(2)33-22(29)15(3)27-38(31,37-16-9-7-6-8-10-16)32-13-17-19-20(36-24(4,5)35-19)21(34-17)28-12-11-18(25)26-23(28)30/h6-12,14-15,17,19-21H,13H2,1-5H3,(H,27,31)(H2,25,26,30)/t15-,17+,19-,20?,21+,38?/m0/s1. The molecule has 2 saturated heterocycles. The maximum absolute atomic E-state index is 13.8. The van der Waals surface area contributed by atoms with Crippen LogP contribution >= 0.6 is 7.75 Å². The van der Waals surface area contributed by atoms with E-state index in [1.54, 1.807) is 58.0 Å². The molecule has 0 aliphatic carbocycles. The lowest BCUT2D eigenvalue weighted by atomic mass is 10.1. The second-order valence-corrected chi connectivity index (χ2v) is 11.4. The third-order valence-electron chi connectivity index (χ3n) is 5.69. The summed E-state index contributed by atoms with van der Waals surface area (Å²) in [6.07, 6.45) is -1.99. The summed E-state index contributed by atoms with van der Waals surface area (Å²) in [7, 11) is -4.15. The molecule has 0 amide bonds. The summed E-state index contributed by atoms with van der Waals surface area (Å²) in [6, 6.07) is 8.84. The molecule has 2 aliphatic rings. The number of esters is 1. The molecule has 14 heteroatoms. The van der Waals surface area contributed by atoms with E-state index in [2.05, 4.69) is 10.1 Å². The highest BCUT2D eigenvalue weighted by molar-refractivity contribution is 7.52. The van der Waals surface area contributed by atoms with Gasteiger partial charge in [-0.3, -0.25) is 13.9 Å². The van der Waals surface area contributed by atoms with Crippen LogP contribution in [0.3, 0.4) is 0 Å². The lowest BCUT2D eigenvalue weighted by Crippen LogP contribution is -2.38. The average molecular weight is 553 g/mol. The third-order valence-corrected chi connectivity index (χ3v) is 7.33. The Morgan fingerprint density at radius 1 is 1.18 bits per heavy atom. The maximum atomic E-state index is 13.8. The van der Waals surface area contributed by atoms with Gasteiger partial charge in [0, 0.05) is 6.20 Å². The number of para-hydroxylation sites is 1. The van der Waals surface area contributed by atoms with Crippen molar-refractivity contribution < 1.29 is 37.4 Å². The first-order chi connectivity index (χ1) is 17.9. The first kappa shape index (κ1) is 28.2. The molecule has 2 fully saturated rings. The number of hydrogen-bond acceptors (Lipinski definition) is 11. The van der Waals surface area contributed by atoms with Crippen LogP contribution in [0.2, 0.25) is 0 Å². The van der Waals surface area contributed by atoms with Crippen LogP contribution in [-0.4, -0.2) is 58.4 Å². The van der Waals surface area contributed by atoms with Crippen molar-refractivity contribution in [1.29, 1.82) is 0 Å². The monoisotopic (exact) mass is 552 g/mol. The van der Waals surface area contributed by atoms with Gasteiger partial charge in [0.15, 0.2) is 12.0 Å². The number of ether oxygens (including phenoxy) is 4. The predicted octanol–water partition coefficient (Wildman–Crippen LogP) is 2.38. The number of nitrogens with two attached hydrogens (primary N) is 1. The van der Waals surface area contributed by atoms with Crippen molar-refractivity contribution >= 4 is 19.5 Å². The van der Waals surface area contributed by atoms with Crippen molar-refractivity contribution in [1.82, 2.24) is 14.6 Å². The normalized spacial score (nSPS) is 26.5. The minimum Gasteiger partial charge on any atom is -0.462 e. The molecule has 2 unspecified atom stereocenters. The minimum atomic E-state index is -4.15. The van der Waals surface area contributed by atoms with Crippen LogP contribution in [0.5, 0.6) is 5.75 Å². The molecular weight excluding hydrogens is 519 g/mol. The molecule has 208 valence electrons. The molecule has 13 nitrogen and oxygen atoms in total. The smallest absolute Gasteiger partial charge is 0.459 e. The zero-order chi connectivity index (χ0) is 27.7. The van der Waals surface area contributed by atoms with Gasteiger partial charge in [-0.05, 0) is 52.8 Å². The van der Waals surface area contributed by atoms with Gasteiger partial charge in [-0.25, -0.2) is 9.36 Å². The number of anilines is 1. The van der Waals surface area contributed by atoms with E-state index in [-0.39, 0.29) is 24.3 Å². The molecule has 0 spiro atoms. The fourth-order valence-corrected chi connectivity index (χ4v) is 5.64. The van der Waals surface area contributed by atoms with Crippen LogP contribution in [0.4, 0.5) is 5.82 Å². The predicted molar refractivity (Wildman–Crippen MR) is 135 cm³/mol. The number of carbonyl (C=O) groups is 1. The SMILES string of the molecule is CC(C)OC(=O)[C@H](C)NP(=O)(OC[C@H]1O[C@@H](n2ccc(N)nc2=O)C2OC(C)(C)O[C@H]21)Oc1ccccc1. The van der Waals surface area contributed by atoms with Crippen LogP contribution in [0.1, 0.15) is 40.8 Å². The second-order valence-electron chi connectivity index (χ2n) is 9.71. The number of aromatic nitrogens is 2. The first-order valence-corrected chi connectivity index (χ1v) is 13.7. The molecule has 38 heavy (non-hydrogen) atoms. The van der Waals surface area contributed by atoms with E-state index in [0.29, 0.717) is 0 Å². The van der Waals surface area contributed by atoms with E-state index < -0.39 is 55.8 Å². The molecule has 3 heterocycles. The van der Waals surface area contributed by atoms with Crippen molar-refractivity contribution in [2.24, 2.45) is 0 Å². The number of rotatable bonds is 10. The van der Waals surface area contributed by atoms with Gasteiger partial charge in [-0.2, -0.15) is 10.1 Å². The van der Waals surface area contributed by atoms with Gasteiger partial charge in [0.25, 0.3) is 0 Å². The zero-order valence-corrected chi connectivity index (χ0v) is 22.7. The summed E-state index contributed by atoms with van der Waals surface area (Å²) < 4.78 is 49.9.